The fourth-order valence-corrected chi connectivity index (χ4v) is 1.69. The van der Waals surface area contributed by atoms with Gasteiger partial charge in [-0.2, -0.15) is 0 Å². The van der Waals surface area contributed by atoms with E-state index in [2.05, 4.69) is 6.92 Å². The van der Waals surface area contributed by atoms with Crippen molar-refractivity contribution in [2.75, 3.05) is 26.6 Å². The van der Waals surface area contributed by atoms with Crippen molar-refractivity contribution in [2.45, 2.75) is 13.3 Å². The first kappa shape index (κ1) is 12.2. The number of phenols is 1. The highest BCUT2D eigenvalue weighted by Crippen LogP contribution is 2.31. The minimum atomic E-state index is 0.193. The molecule has 0 radical (unpaired) electrons. The predicted molar refractivity (Wildman–Crippen MR) is 63.1 cm³/mol. The number of hydrogen-bond donors (Lipinski definition) is 1. The van der Waals surface area contributed by atoms with Crippen LogP contribution >= 0.6 is 0 Å². The van der Waals surface area contributed by atoms with Gasteiger partial charge in [-0.05, 0) is 30.7 Å². The van der Waals surface area contributed by atoms with E-state index in [1.54, 1.807) is 24.3 Å². The molecule has 94 valence electrons. The topological polar surface area (TPSA) is 47.9 Å². The summed E-state index contributed by atoms with van der Waals surface area (Å²) in [4.78, 5) is 0. The fraction of sp³-hybridized carbons (Fsp3) is 0.538. The van der Waals surface area contributed by atoms with Crippen LogP contribution in [0.25, 0.3) is 0 Å². The number of ether oxygens (including phenoxy) is 3. The SMILES string of the molecule is CCC1(COCOc2ccc(O)cc2)COC1. The zero-order chi connectivity index (χ0) is 12.1. The average Bonchev–Trinajstić information content (AvgIpc) is 2.30. The van der Waals surface area contributed by atoms with Gasteiger partial charge in [0, 0.05) is 5.41 Å². The monoisotopic (exact) mass is 238 g/mol. The lowest BCUT2D eigenvalue weighted by molar-refractivity contribution is -0.162. The molecule has 0 aromatic heterocycles. The maximum atomic E-state index is 9.11. The fourth-order valence-electron chi connectivity index (χ4n) is 1.69. The van der Waals surface area contributed by atoms with Gasteiger partial charge < -0.3 is 19.3 Å². The lowest BCUT2D eigenvalue weighted by atomic mass is 9.84. The van der Waals surface area contributed by atoms with Gasteiger partial charge in [0.15, 0.2) is 6.79 Å². The van der Waals surface area contributed by atoms with E-state index >= 15 is 0 Å². The molecule has 0 bridgehead atoms. The van der Waals surface area contributed by atoms with Crippen LogP contribution in [0.1, 0.15) is 13.3 Å². The molecule has 0 amide bonds. The molecule has 1 saturated heterocycles. The van der Waals surface area contributed by atoms with E-state index in [1.807, 2.05) is 0 Å². The summed E-state index contributed by atoms with van der Waals surface area (Å²) in [6, 6.07) is 6.59. The summed E-state index contributed by atoms with van der Waals surface area (Å²) < 4.78 is 16.1. The van der Waals surface area contributed by atoms with Crippen molar-refractivity contribution in [3.8, 4) is 11.5 Å². The molecule has 1 aliphatic rings. The molecule has 1 N–H and O–H groups in total. The van der Waals surface area contributed by atoms with Crippen LogP contribution in [0, 0.1) is 5.41 Å². The molecule has 0 atom stereocenters. The Labute approximate surface area is 101 Å². The molecule has 0 spiro atoms. The highest BCUT2D eigenvalue weighted by molar-refractivity contribution is 5.29. The van der Waals surface area contributed by atoms with E-state index in [4.69, 9.17) is 19.3 Å². The van der Waals surface area contributed by atoms with Crippen molar-refractivity contribution < 1.29 is 19.3 Å². The lowest BCUT2D eigenvalue weighted by Gasteiger charge is -2.40. The van der Waals surface area contributed by atoms with Crippen molar-refractivity contribution in [1.82, 2.24) is 0 Å². The van der Waals surface area contributed by atoms with E-state index < -0.39 is 0 Å². The van der Waals surface area contributed by atoms with Gasteiger partial charge in [0.25, 0.3) is 0 Å². The number of phenolic OH excluding ortho intramolecular Hbond substituents is 1. The molecular formula is C13H18O4. The van der Waals surface area contributed by atoms with E-state index in [0.717, 1.165) is 19.6 Å². The number of aromatic hydroxyl groups is 1. The molecule has 4 nitrogen and oxygen atoms in total. The van der Waals surface area contributed by atoms with E-state index in [-0.39, 0.29) is 18.0 Å². The first-order chi connectivity index (χ1) is 8.24. The molecule has 0 saturated carbocycles. The van der Waals surface area contributed by atoms with Gasteiger partial charge >= 0.3 is 0 Å². The molecule has 1 fully saturated rings. The maximum absolute atomic E-state index is 9.11. The van der Waals surface area contributed by atoms with Gasteiger partial charge in [-0.3, -0.25) is 0 Å². The number of hydrogen-bond acceptors (Lipinski definition) is 4. The summed E-state index contributed by atoms with van der Waals surface area (Å²) >= 11 is 0. The van der Waals surface area contributed by atoms with Crippen molar-refractivity contribution in [2.24, 2.45) is 5.41 Å². The Kier molecular flexibility index (Phi) is 3.86. The molecule has 17 heavy (non-hydrogen) atoms. The third kappa shape index (κ3) is 3.11. The van der Waals surface area contributed by atoms with Crippen LogP contribution < -0.4 is 4.74 Å². The lowest BCUT2D eigenvalue weighted by Crippen LogP contribution is -2.45. The van der Waals surface area contributed by atoms with Crippen molar-refractivity contribution in [3.05, 3.63) is 24.3 Å². The first-order valence-electron chi connectivity index (χ1n) is 5.81. The van der Waals surface area contributed by atoms with E-state index in [0.29, 0.717) is 12.4 Å². The Morgan fingerprint density at radius 1 is 1.29 bits per heavy atom. The van der Waals surface area contributed by atoms with E-state index in [9.17, 15) is 0 Å². The van der Waals surface area contributed by atoms with Crippen molar-refractivity contribution in [1.29, 1.82) is 0 Å². The van der Waals surface area contributed by atoms with Crippen LogP contribution in [0.2, 0.25) is 0 Å². The molecular weight excluding hydrogens is 220 g/mol. The molecule has 2 rings (SSSR count). The molecule has 1 aromatic rings. The Morgan fingerprint density at radius 2 is 2.00 bits per heavy atom. The average molecular weight is 238 g/mol. The molecule has 1 aliphatic heterocycles. The first-order valence-corrected chi connectivity index (χ1v) is 5.81. The Balaban J connectivity index is 1.67. The van der Waals surface area contributed by atoms with Crippen LogP contribution in [0.3, 0.4) is 0 Å². The molecule has 0 unspecified atom stereocenters. The highest BCUT2D eigenvalue weighted by Gasteiger charge is 2.36. The van der Waals surface area contributed by atoms with Gasteiger partial charge in [0.2, 0.25) is 0 Å². The summed E-state index contributed by atoms with van der Waals surface area (Å²) in [5.41, 5.74) is 0.193. The smallest absolute Gasteiger partial charge is 0.189 e. The Morgan fingerprint density at radius 3 is 2.53 bits per heavy atom. The summed E-state index contributed by atoms with van der Waals surface area (Å²) in [5, 5.41) is 9.11. The third-order valence-corrected chi connectivity index (χ3v) is 3.12. The molecule has 0 aliphatic carbocycles. The van der Waals surface area contributed by atoms with Crippen LogP contribution in [0.5, 0.6) is 11.5 Å². The minimum absolute atomic E-state index is 0.193. The predicted octanol–water partition coefficient (Wildman–Crippen LogP) is 2.17. The van der Waals surface area contributed by atoms with Crippen molar-refractivity contribution >= 4 is 0 Å². The highest BCUT2D eigenvalue weighted by atomic mass is 16.7. The van der Waals surface area contributed by atoms with Gasteiger partial charge in [-0.15, -0.1) is 0 Å². The summed E-state index contributed by atoms with van der Waals surface area (Å²) in [6.07, 6.45) is 1.06. The second kappa shape index (κ2) is 5.38. The number of benzene rings is 1. The normalized spacial score (nSPS) is 17.5. The van der Waals surface area contributed by atoms with Crippen LogP contribution in [0.15, 0.2) is 24.3 Å². The van der Waals surface area contributed by atoms with Crippen LogP contribution in [0.4, 0.5) is 0 Å². The summed E-state index contributed by atoms with van der Waals surface area (Å²) in [7, 11) is 0. The second-order valence-electron chi connectivity index (χ2n) is 4.45. The van der Waals surface area contributed by atoms with Gasteiger partial charge in [-0.1, -0.05) is 6.92 Å². The molecule has 1 heterocycles. The van der Waals surface area contributed by atoms with Crippen LogP contribution in [-0.2, 0) is 9.47 Å². The Hall–Kier alpha value is -1.26. The van der Waals surface area contributed by atoms with Crippen LogP contribution in [-0.4, -0.2) is 31.7 Å². The maximum Gasteiger partial charge on any atom is 0.189 e. The largest absolute Gasteiger partial charge is 0.508 e. The second-order valence-corrected chi connectivity index (χ2v) is 4.45. The molecule has 4 heteroatoms. The zero-order valence-electron chi connectivity index (χ0n) is 10.0. The number of rotatable bonds is 6. The Bertz CT molecular complexity index is 337. The standard InChI is InChI=1S/C13H18O4/c1-2-13(7-15-8-13)9-16-10-17-12-5-3-11(14)4-6-12/h3-6,14H,2,7-10H2,1H3. The van der Waals surface area contributed by atoms with Gasteiger partial charge in [-0.25, -0.2) is 0 Å². The quantitative estimate of drug-likeness (QED) is 0.609. The third-order valence-electron chi connectivity index (χ3n) is 3.12. The van der Waals surface area contributed by atoms with Crippen molar-refractivity contribution in [3.63, 3.8) is 0 Å². The van der Waals surface area contributed by atoms with Gasteiger partial charge in [0.05, 0.1) is 19.8 Å². The zero-order valence-corrected chi connectivity index (χ0v) is 10.0. The minimum Gasteiger partial charge on any atom is -0.508 e. The van der Waals surface area contributed by atoms with Gasteiger partial charge in [0.1, 0.15) is 11.5 Å². The van der Waals surface area contributed by atoms with E-state index in [1.165, 1.54) is 0 Å². The summed E-state index contributed by atoms with van der Waals surface area (Å²) in [6.45, 7) is 4.60. The summed E-state index contributed by atoms with van der Waals surface area (Å²) in [5.74, 6) is 0.924. The molecule has 1 aromatic carbocycles.